The highest BCUT2D eigenvalue weighted by atomic mass is 16.3. The molecular weight excluding hydrogens is 198 g/mol. The Morgan fingerprint density at radius 2 is 2.00 bits per heavy atom. The van der Waals surface area contributed by atoms with Gasteiger partial charge in [-0.15, -0.1) is 0 Å². The summed E-state index contributed by atoms with van der Waals surface area (Å²) in [6.45, 7) is 9.30. The third-order valence-electron chi connectivity index (χ3n) is 3.12. The molecule has 0 saturated carbocycles. The van der Waals surface area contributed by atoms with Crippen LogP contribution in [0.1, 0.15) is 38.3 Å². The molecule has 16 heavy (non-hydrogen) atoms. The van der Waals surface area contributed by atoms with E-state index in [9.17, 15) is 5.11 Å². The smallest absolute Gasteiger partial charge is 0.122 e. The second-order valence-corrected chi connectivity index (χ2v) is 4.72. The third-order valence-corrected chi connectivity index (χ3v) is 3.12. The Hall–Kier alpha value is -1.02. The van der Waals surface area contributed by atoms with Gasteiger partial charge in [-0.1, -0.05) is 39.0 Å². The second kappa shape index (κ2) is 5.90. The number of hydrogen-bond acceptors (Lipinski definition) is 2. The largest absolute Gasteiger partial charge is 0.507 e. The van der Waals surface area contributed by atoms with Crippen molar-refractivity contribution in [2.24, 2.45) is 5.92 Å². The van der Waals surface area contributed by atoms with Gasteiger partial charge in [0.25, 0.3) is 0 Å². The van der Waals surface area contributed by atoms with Crippen molar-refractivity contribution in [2.75, 3.05) is 0 Å². The highest BCUT2D eigenvalue weighted by Gasteiger charge is 2.11. The fraction of sp³-hybridized carbons (Fsp3) is 0.571. The Morgan fingerprint density at radius 1 is 1.31 bits per heavy atom. The summed E-state index contributed by atoms with van der Waals surface area (Å²) in [4.78, 5) is 0. The fourth-order valence-electron chi connectivity index (χ4n) is 1.95. The van der Waals surface area contributed by atoms with E-state index >= 15 is 0 Å². The van der Waals surface area contributed by atoms with Crippen molar-refractivity contribution in [1.82, 2.24) is 5.32 Å². The molecule has 2 nitrogen and oxygen atoms in total. The molecule has 1 aromatic carbocycles. The number of aromatic hydroxyl groups is 1. The highest BCUT2D eigenvalue weighted by molar-refractivity contribution is 5.39. The van der Waals surface area contributed by atoms with Crippen LogP contribution in [0.4, 0.5) is 0 Å². The van der Waals surface area contributed by atoms with Gasteiger partial charge < -0.3 is 10.4 Å². The quantitative estimate of drug-likeness (QED) is 0.800. The van der Waals surface area contributed by atoms with Crippen LogP contribution in [-0.2, 0) is 6.54 Å². The zero-order valence-corrected chi connectivity index (χ0v) is 10.7. The number of aryl methyl sites for hydroxylation is 1. The van der Waals surface area contributed by atoms with Crippen LogP contribution in [0.25, 0.3) is 0 Å². The zero-order chi connectivity index (χ0) is 12.1. The maximum atomic E-state index is 9.88. The monoisotopic (exact) mass is 221 g/mol. The molecule has 0 radical (unpaired) electrons. The topological polar surface area (TPSA) is 32.3 Å². The van der Waals surface area contributed by atoms with Crippen LogP contribution in [0.2, 0.25) is 0 Å². The van der Waals surface area contributed by atoms with E-state index in [2.05, 4.69) is 26.1 Å². The first-order chi connectivity index (χ1) is 7.56. The molecule has 0 spiro atoms. The lowest BCUT2D eigenvalue weighted by atomic mass is 10.0. The summed E-state index contributed by atoms with van der Waals surface area (Å²) in [6, 6.07) is 6.41. The predicted molar refractivity (Wildman–Crippen MR) is 68.6 cm³/mol. The molecule has 0 aliphatic carbocycles. The zero-order valence-electron chi connectivity index (χ0n) is 10.7. The number of para-hydroxylation sites is 1. The second-order valence-electron chi connectivity index (χ2n) is 4.72. The first-order valence-electron chi connectivity index (χ1n) is 6.07. The fourth-order valence-corrected chi connectivity index (χ4v) is 1.95. The van der Waals surface area contributed by atoms with Gasteiger partial charge in [0.15, 0.2) is 0 Å². The maximum absolute atomic E-state index is 9.88. The minimum absolute atomic E-state index is 0.425. The van der Waals surface area contributed by atoms with E-state index in [4.69, 9.17) is 0 Å². The molecule has 0 amide bonds. The van der Waals surface area contributed by atoms with Crippen LogP contribution in [0.5, 0.6) is 5.75 Å². The van der Waals surface area contributed by atoms with E-state index < -0.39 is 0 Å². The molecule has 1 atom stereocenters. The summed E-state index contributed by atoms with van der Waals surface area (Å²) in [5, 5.41) is 13.4. The van der Waals surface area contributed by atoms with Crippen LogP contribution in [0, 0.1) is 12.8 Å². The Bertz CT molecular complexity index is 334. The minimum Gasteiger partial charge on any atom is -0.507 e. The van der Waals surface area contributed by atoms with Gasteiger partial charge in [-0.05, 0) is 24.8 Å². The standard InChI is InChI=1S/C14H23NO/c1-5-13(10(2)3)15-9-12-8-6-7-11(4)14(12)16/h6-8,10,13,15-16H,5,9H2,1-4H3. The molecule has 1 aromatic rings. The summed E-state index contributed by atoms with van der Waals surface area (Å²) < 4.78 is 0. The third kappa shape index (κ3) is 3.24. The van der Waals surface area contributed by atoms with Crippen LogP contribution in [0.3, 0.4) is 0 Å². The van der Waals surface area contributed by atoms with Crippen molar-refractivity contribution in [1.29, 1.82) is 0 Å². The number of phenolic OH excluding ortho intramolecular Hbond substituents is 1. The molecule has 2 heteroatoms. The molecule has 2 N–H and O–H groups in total. The van der Waals surface area contributed by atoms with E-state index in [1.807, 2.05) is 25.1 Å². The van der Waals surface area contributed by atoms with E-state index in [-0.39, 0.29) is 0 Å². The van der Waals surface area contributed by atoms with E-state index in [0.717, 1.165) is 24.1 Å². The van der Waals surface area contributed by atoms with Crippen LogP contribution in [0.15, 0.2) is 18.2 Å². The molecular formula is C14H23NO. The van der Waals surface area contributed by atoms with E-state index in [1.54, 1.807) is 0 Å². The Balaban J connectivity index is 2.64. The van der Waals surface area contributed by atoms with Gasteiger partial charge in [0.1, 0.15) is 5.75 Å². The van der Waals surface area contributed by atoms with Gasteiger partial charge in [0.2, 0.25) is 0 Å². The molecule has 1 unspecified atom stereocenters. The number of rotatable bonds is 5. The van der Waals surface area contributed by atoms with Crippen molar-refractivity contribution in [2.45, 2.75) is 46.7 Å². The number of phenols is 1. The summed E-state index contributed by atoms with van der Waals surface area (Å²) in [7, 11) is 0. The van der Waals surface area contributed by atoms with Gasteiger partial charge in [-0.3, -0.25) is 0 Å². The lowest BCUT2D eigenvalue weighted by Crippen LogP contribution is -2.32. The van der Waals surface area contributed by atoms with Crippen molar-refractivity contribution < 1.29 is 5.11 Å². The van der Waals surface area contributed by atoms with E-state index in [0.29, 0.717) is 17.7 Å². The Kier molecular flexibility index (Phi) is 4.81. The van der Waals surface area contributed by atoms with Crippen molar-refractivity contribution >= 4 is 0 Å². The first-order valence-corrected chi connectivity index (χ1v) is 6.07. The van der Waals surface area contributed by atoms with Gasteiger partial charge >= 0.3 is 0 Å². The number of nitrogens with one attached hydrogen (secondary N) is 1. The van der Waals surface area contributed by atoms with Gasteiger partial charge in [-0.25, -0.2) is 0 Å². The number of hydrogen-bond donors (Lipinski definition) is 2. The summed E-state index contributed by atoms with van der Waals surface area (Å²) in [6.07, 6.45) is 1.12. The molecule has 1 rings (SSSR count). The van der Waals surface area contributed by atoms with Crippen LogP contribution < -0.4 is 5.32 Å². The van der Waals surface area contributed by atoms with Crippen molar-refractivity contribution in [3.8, 4) is 5.75 Å². The first kappa shape index (κ1) is 13.0. The van der Waals surface area contributed by atoms with Crippen LogP contribution in [-0.4, -0.2) is 11.1 Å². The van der Waals surface area contributed by atoms with E-state index in [1.165, 1.54) is 0 Å². The molecule has 0 saturated heterocycles. The van der Waals surface area contributed by atoms with Gasteiger partial charge in [0, 0.05) is 18.2 Å². The molecule has 0 bridgehead atoms. The maximum Gasteiger partial charge on any atom is 0.122 e. The molecule has 90 valence electrons. The average molecular weight is 221 g/mol. The van der Waals surface area contributed by atoms with Crippen molar-refractivity contribution in [3.05, 3.63) is 29.3 Å². The normalized spacial score (nSPS) is 13.1. The lowest BCUT2D eigenvalue weighted by molar-refractivity contribution is 0.382. The molecule has 0 heterocycles. The molecule has 0 aliphatic rings. The van der Waals surface area contributed by atoms with Gasteiger partial charge in [0.05, 0.1) is 0 Å². The minimum atomic E-state index is 0.425. The Morgan fingerprint density at radius 3 is 2.56 bits per heavy atom. The Labute approximate surface area is 98.7 Å². The lowest BCUT2D eigenvalue weighted by Gasteiger charge is -2.21. The molecule has 0 fully saturated rings. The summed E-state index contributed by atoms with van der Waals surface area (Å²) in [5.74, 6) is 1.05. The highest BCUT2D eigenvalue weighted by Crippen LogP contribution is 2.21. The summed E-state index contributed by atoms with van der Waals surface area (Å²) in [5.41, 5.74) is 1.93. The van der Waals surface area contributed by atoms with Gasteiger partial charge in [-0.2, -0.15) is 0 Å². The molecule has 0 aromatic heterocycles. The average Bonchev–Trinajstić information content (AvgIpc) is 2.24. The number of benzene rings is 1. The predicted octanol–water partition coefficient (Wildman–Crippen LogP) is 3.22. The van der Waals surface area contributed by atoms with Crippen LogP contribution >= 0.6 is 0 Å². The molecule has 0 aliphatic heterocycles. The summed E-state index contributed by atoms with van der Waals surface area (Å²) >= 11 is 0. The van der Waals surface area contributed by atoms with Crippen molar-refractivity contribution in [3.63, 3.8) is 0 Å². The SMILES string of the molecule is CCC(NCc1cccc(C)c1O)C(C)C.